The molecule has 1 aromatic heterocycles. The minimum Gasteiger partial charge on any atom is -0.306 e. The lowest BCUT2D eigenvalue weighted by atomic mass is 9.94. The molecule has 0 radical (unpaired) electrons. The Kier molecular flexibility index (Phi) is 3.81. The lowest BCUT2D eigenvalue weighted by Crippen LogP contribution is -2.24. The van der Waals surface area contributed by atoms with E-state index in [1.54, 1.807) is 11.3 Å². The summed E-state index contributed by atoms with van der Waals surface area (Å²) in [5.41, 5.74) is 1.41. The lowest BCUT2D eigenvalue weighted by Gasteiger charge is -2.24. The van der Waals surface area contributed by atoms with E-state index in [9.17, 15) is 13.2 Å². The molecule has 1 atom stereocenters. The third kappa shape index (κ3) is 2.60. The third-order valence-electron chi connectivity index (χ3n) is 3.68. The Bertz CT molecular complexity index is 624. The quantitative estimate of drug-likeness (QED) is 0.831. The smallest absolute Gasteiger partial charge is 0.161 e. The largest absolute Gasteiger partial charge is 0.306 e. The highest BCUT2D eigenvalue weighted by molar-refractivity contribution is 7.10. The second-order valence-corrected chi connectivity index (χ2v) is 5.98. The first-order valence-electron chi connectivity index (χ1n) is 6.58. The van der Waals surface area contributed by atoms with E-state index >= 15 is 0 Å². The summed E-state index contributed by atoms with van der Waals surface area (Å²) in [4.78, 5) is 1.36. The first-order chi connectivity index (χ1) is 9.65. The van der Waals surface area contributed by atoms with Crippen LogP contribution in [0.3, 0.4) is 0 Å². The Hall–Kier alpha value is -1.33. The second kappa shape index (κ2) is 5.58. The zero-order valence-electron chi connectivity index (χ0n) is 10.8. The molecule has 1 nitrogen and oxygen atoms in total. The summed E-state index contributed by atoms with van der Waals surface area (Å²) in [6.45, 7) is 0.197. The molecular weight excluding hydrogens is 283 g/mol. The van der Waals surface area contributed by atoms with Gasteiger partial charge in [0.05, 0.1) is 0 Å². The fourth-order valence-corrected chi connectivity index (χ4v) is 3.62. The van der Waals surface area contributed by atoms with E-state index in [-0.39, 0.29) is 18.2 Å². The van der Waals surface area contributed by atoms with E-state index in [0.29, 0.717) is 6.07 Å². The minimum atomic E-state index is -1.15. The molecule has 0 amide bonds. The number of benzene rings is 1. The van der Waals surface area contributed by atoms with Crippen molar-refractivity contribution in [3.8, 4) is 0 Å². The van der Waals surface area contributed by atoms with Crippen LogP contribution in [0.25, 0.3) is 0 Å². The zero-order valence-corrected chi connectivity index (χ0v) is 11.6. The highest BCUT2D eigenvalue weighted by Gasteiger charge is 2.21. The van der Waals surface area contributed by atoms with Crippen LogP contribution < -0.4 is 5.32 Å². The highest BCUT2D eigenvalue weighted by atomic mass is 32.1. The minimum absolute atomic E-state index is 0.159. The molecule has 0 aliphatic heterocycles. The van der Waals surface area contributed by atoms with E-state index in [4.69, 9.17) is 0 Å². The summed E-state index contributed by atoms with van der Waals surface area (Å²) in [5, 5.41) is 5.30. The predicted octanol–water partition coefficient (Wildman–Crippen LogP) is 4.33. The molecule has 106 valence electrons. The van der Waals surface area contributed by atoms with Crippen LogP contribution in [0.2, 0.25) is 0 Å². The van der Waals surface area contributed by atoms with Crippen LogP contribution in [-0.4, -0.2) is 0 Å². The van der Waals surface area contributed by atoms with Crippen LogP contribution >= 0.6 is 11.3 Å². The average molecular weight is 297 g/mol. The van der Waals surface area contributed by atoms with Crippen molar-refractivity contribution < 1.29 is 13.2 Å². The van der Waals surface area contributed by atoms with Crippen LogP contribution in [-0.2, 0) is 13.0 Å². The van der Waals surface area contributed by atoms with E-state index in [1.807, 2.05) is 0 Å². The van der Waals surface area contributed by atoms with Crippen LogP contribution in [0, 0.1) is 17.5 Å². The normalized spacial score (nSPS) is 18.1. The molecule has 3 rings (SSSR count). The molecule has 1 unspecified atom stereocenters. The van der Waals surface area contributed by atoms with Crippen LogP contribution in [0.4, 0.5) is 13.2 Å². The average Bonchev–Trinajstić information content (AvgIpc) is 2.90. The Labute approximate surface area is 119 Å². The van der Waals surface area contributed by atoms with Gasteiger partial charge in [-0.1, -0.05) is 0 Å². The maximum atomic E-state index is 13.6. The topological polar surface area (TPSA) is 12.0 Å². The maximum Gasteiger partial charge on any atom is 0.161 e. The number of nitrogens with one attached hydrogen (secondary N) is 1. The molecule has 0 saturated carbocycles. The van der Waals surface area contributed by atoms with Gasteiger partial charge in [0, 0.05) is 29.1 Å². The molecule has 1 N–H and O–H groups in total. The van der Waals surface area contributed by atoms with Crippen molar-refractivity contribution in [2.75, 3.05) is 0 Å². The maximum absolute atomic E-state index is 13.6. The van der Waals surface area contributed by atoms with Crippen molar-refractivity contribution in [2.24, 2.45) is 0 Å². The summed E-state index contributed by atoms with van der Waals surface area (Å²) >= 11 is 1.73. The van der Waals surface area contributed by atoms with Crippen molar-refractivity contribution in [3.05, 3.63) is 57.0 Å². The third-order valence-corrected chi connectivity index (χ3v) is 4.68. The van der Waals surface area contributed by atoms with Gasteiger partial charge in [-0.3, -0.25) is 0 Å². The fraction of sp³-hybridized carbons (Fsp3) is 0.333. The van der Waals surface area contributed by atoms with E-state index in [0.717, 1.165) is 25.3 Å². The molecule has 1 aliphatic carbocycles. The molecule has 1 heterocycles. The highest BCUT2D eigenvalue weighted by Crippen LogP contribution is 2.33. The summed E-state index contributed by atoms with van der Waals surface area (Å²) in [7, 11) is 0. The molecule has 5 heteroatoms. The van der Waals surface area contributed by atoms with Gasteiger partial charge in [-0.2, -0.15) is 0 Å². The fourth-order valence-electron chi connectivity index (χ4n) is 2.63. The van der Waals surface area contributed by atoms with Crippen molar-refractivity contribution in [3.63, 3.8) is 0 Å². The van der Waals surface area contributed by atoms with E-state index < -0.39 is 17.5 Å². The number of rotatable bonds is 3. The SMILES string of the molecule is Fc1cc(F)c(CNC2CCCc3sccc32)cc1F. The van der Waals surface area contributed by atoms with Crippen LogP contribution in [0.15, 0.2) is 23.6 Å². The number of fused-ring (bicyclic) bond motifs is 1. The number of hydrogen-bond acceptors (Lipinski definition) is 2. The number of aryl methyl sites for hydroxylation is 1. The van der Waals surface area contributed by atoms with Gasteiger partial charge in [0.25, 0.3) is 0 Å². The summed E-state index contributed by atoms with van der Waals surface area (Å²) in [6.07, 6.45) is 3.16. The molecule has 0 bridgehead atoms. The van der Waals surface area contributed by atoms with Crippen LogP contribution in [0.5, 0.6) is 0 Å². The molecule has 1 aliphatic rings. The number of hydrogen-bond donors (Lipinski definition) is 1. The van der Waals surface area contributed by atoms with Crippen molar-refractivity contribution in [2.45, 2.75) is 31.8 Å². The first kappa shape index (κ1) is 13.6. The van der Waals surface area contributed by atoms with Crippen molar-refractivity contribution in [1.82, 2.24) is 5.32 Å². The van der Waals surface area contributed by atoms with Gasteiger partial charge >= 0.3 is 0 Å². The number of thiophene rings is 1. The summed E-state index contributed by atoms with van der Waals surface area (Å²) < 4.78 is 39.6. The lowest BCUT2D eigenvalue weighted by molar-refractivity contribution is 0.448. The Balaban J connectivity index is 1.74. The van der Waals surface area contributed by atoms with E-state index in [2.05, 4.69) is 16.8 Å². The first-order valence-corrected chi connectivity index (χ1v) is 7.46. The predicted molar refractivity (Wildman–Crippen MR) is 73.2 cm³/mol. The second-order valence-electron chi connectivity index (χ2n) is 4.98. The Morgan fingerprint density at radius 1 is 1.15 bits per heavy atom. The summed E-state index contributed by atoms with van der Waals surface area (Å²) in [6, 6.07) is 3.77. The van der Waals surface area contributed by atoms with Gasteiger partial charge in [0.15, 0.2) is 11.6 Å². The molecule has 0 saturated heterocycles. The molecule has 20 heavy (non-hydrogen) atoms. The summed E-state index contributed by atoms with van der Waals surface area (Å²) in [5.74, 6) is -2.87. The van der Waals surface area contributed by atoms with Gasteiger partial charge in [-0.25, -0.2) is 13.2 Å². The standard InChI is InChI=1S/C15H14F3NS/c16-11-7-13(18)12(17)6-9(11)8-19-14-2-1-3-15-10(14)4-5-20-15/h4-7,14,19H,1-3,8H2. The Morgan fingerprint density at radius 2 is 1.95 bits per heavy atom. The van der Waals surface area contributed by atoms with Gasteiger partial charge in [0.2, 0.25) is 0 Å². The van der Waals surface area contributed by atoms with E-state index in [1.165, 1.54) is 10.4 Å². The number of halogens is 3. The molecule has 0 spiro atoms. The molecular formula is C15H14F3NS. The van der Waals surface area contributed by atoms with Crippen molar-refractivity contribution >= 4 is 11.3 Å². The zero-order chi connectivity index (χ0) is 14.1. The molecule has 1 aromatic carbocycles. The molecule has 0 fully saturated rings. The van der Waals surface area contributed by atoms with Crippen molar-refractivity contribution in [1.29, 1.82) is 0 Å². The van der Waals surface area contributed by atoms with Gasteiger partial charge in [-0.15, -0.1) is 11.3 Å². The van der Waals surface area contributed by atoms with Gasteiger partial charge < -0.3 is 5.32 Å². The Morgan fingerprint density at radius 3 is 2.80 bits per heavy atom. The van der Waals surface area contributed by atoms with Gasteiger partial charge in [0.1, 0.15) is 5.82 Å². The van der Waals surface area contributed by atoms with Gasteiger partial charge in [-0.05, 0) is 42.3 Å². The van der Waals surface area contributed by atoms with Crippen LogP contribution in [0.1, 0.15) is 34.9 Å². The molecule has 2 aromatic rings. The monoisotopic (exact) mass is 297 g/mol.